The Morgan fingerprint density at radius 3 is 1.94 bits per heavy atom. The van der Waals surface area contributed by atoms with Crippen LogP contribution in [-0.4, -0.2) is 0 Å². The van der Waals surface area contributed by atoms with Gasteiger partial charge in [0.2, 0.25) is 0 Å². The summed E-state index contributed by atoms with van der Waals surface area (Å²) >= 11 is 0. The Hall–Kier alpha value is -1.35. The van der Waals surface area contributed by atoms with Crippen molar-refractivity contribution < 1.29 is 18.9 Å². The van der Waals surface area contributed by atoms with Gasteiger partial charge in [-0.05, 0) is 0 Å². The van der Waals surface area contributed by atoms with Crippen LogP contribution in [0.3, 0.4) is 0 Å². The molecule has 0 atom stereocenters. The van der Waals surface area contributed by atoms with Crippen molar-refractivity contribution in [1.29, 1.82) is 0 Å². The van der Waals surface area contributed by atoms with E-state index in [0.29, 0.717) is 0 Å². The third kappa shape index (κ3) is 4.02. The minimum absolute atomic E-state index is 0. The van der Waals surface area contributed by atoms with Gasteiger partial charge in [0.15, 0.2) is 0 Å². The zero-order chi connectivity index (χ0) is 10.3. The van der Waals surface area contributed by atoms with Crippen molar-refractivity contribution in [2.75, 3.05) is 0 Å². The van der Waals surface area contributed by atoms with Gasteiger partial charge in [0.25, 0.3) is 0 Å². The van der Waals surface area contributed by atoms with Crippen LogP contribution in [0.4, 0.5) is 0 Å². The molecule has 1 heteroatoms. The van der Waals surface area contributed by atoms with Gasteiger partial charge < -0.3 is 0 Å². The molecule has 0 aliphatic carbocycles. The SMILES string of the molecule is C(=C\c1ccccc1)/[CH-]c1ccccc1.[Li+]. The van der Waals surface area contributed by atoms with Gasteiger partial charge in [-0.15, -0.1) is 48.4 Å². The standard InChI is InChI=1S/C15H13.Li/c1-3-8-14(9-4-1)12-7-13-15-10-5-2-6-11-15;/h1-13H;/q-1;+1/b12-7+;. The normalized spacial score (nSPS) is 9.75. The second kappa shape index (κ2) is 7.01. The van der Waals surface area contributed by atoms with E-state index in [1.54, 1.807) is 0 Å². The molecule has 0 saturated heterocycles. The van der Waals surface area contributed by atoms with E-state index in [9.17, 15) is 0 Å². The van der Waals surface area contributed by atoms with Gasteiger partial charge >= 0.3 is 18.9 Å². The fourth-order valence-corrected chi connectivity index (χ4v) is 1.40. The Morgan fingerprint density at radius 2 is 1.31 bits per heavy atom. The van der Waals surface area contributed by atoms with Gasteiger partial charge in [-0.25, -0.2) is 0 Å². The summed E-state index contributed by atoms with van der Waals surface area (Å²) in [7, 11) is 0. The second-order valence-corrected chi connectivity index (χ2v) is 3.35. The Balaban J connectivity index is 0.00000128. The molecule has 74 valence electrons. The fraction of sp³-hybridized carbons (Fsp3) is 0. The Labute approximate surface area is 109 Å². The van der Waals surface area contributed by atoms with E-state index in [-0.39, 0.29) is 18.9 Å². The molecule has 0 amide bonds. The summed E-state index contributed by atoms with van der Waals surface area (Å²) in [5, 5.41) is 0. The first-order valence-electron chi connectivity index (χ1n) is 5.07. The van der Waals surface area contributed by atoms with Crippen LogP contribution in [0, 0.1) is 6.42 Å². The summed E-state index contributed by atoms with van der Waals surface area (Å²) in [5.41, 5.74) is 2.45. The van der Waals surface area contributed by atoms with Gasteiger partial charge in [-0.2, -0.15) is 0 Å². The van der Waals surface area contributed by atoms with Gasteiger partial charge in [-0.3, -0.25) is 0 Å². The predicted octanol–water partition coefficient (Wildman–Crippen LogP) is 0.956. The monoisotopic (exact) mass is 200 g/mol. The summed E-state index contributed by atoms with van der Waals surface area (Å²) in [6, 6.07) is 20.6. The molecule has 0 aromatic heterocycles. The molecule has 0 nitrogen and oxygen atoms in total. The van der Waals surface area contributed by atoms with Crippen molar-refractivity contribution in [2.45, 2.75) is 0 Å². The van der Waals surface area contributed by atoms with E-state index in [1.807, 2.05) is 36.4 Å². The zero-order valence-corrected chi connectivity index (χ0v) is 9.51. The molecule has 0 unspecified atom stereocenters. The van der Waals surface area contributed by atoms with E-state index >= 15 is 0 Å². The van der Waals surface area contributed by atoms with Crippen molar-refractivity contribution in [3.8, 4) is 0 Å². The smallest absolute Gasteiger partial charge is 0.148 e. The molecule has 0 saturated carbocycles. The van der Waals surface area contributed by atoms with Crippen LogP contribution in [0.5, 0.6) is 0 Å². The van der Waals surface area contributed by atoms with Crippen LogP contribution in [0.1, 0.15) is 11.1 Å². The summed E-state index contributed by atoms with van der Waals surface area (Å²) < 4.78 is 0. The summed E-state index contributed by atoms with van der Waals surface area (Å²) in [5.74, 6) is 0. The van der Waals surface area contributed by atoms with Crippen molar-refractivity contribution in [2.24, 2.45) is 0 Å². The van der Waals surface area contributed by atoms with Gasteiger partial charge in [-0.1, -0.05) is 42.0 Å². The topological polar surface area (TPSA) is 0 Å². The van der Waals surface area contributed by atoms with E-state index in [1.165, 1.54) is 11.1 Å². The molecule has 0 aliphatic heterocycles. The van der Waals surface area contributed by atoms with Gasteiger partial charge in [0.05, 0.1) is 0 Å². The molecule has 0 aliphatic rings. The first-order valence-corrected chi connectivity index (χ1v) is 5.07. The molecule has 16 heavy (non-hydrogen) atoms. The van der Waals surface area contributed by atoms with Crippen molar-refractivity contribution >= 4 is 6.08 Å². The number of hydrogen-bond donors (Lipinski definition) is 0. The molecule has 2 aromatic rings. The number of allylic oxidation sites excluding steroid dienone is 1. The fourth-order valence-electron chi connectivity index (χ4n) is 1.40. The van der Waals surface area contributed by atoms with E-state index in [4.69, 9.17) is 0 Å². The average Bonchev–Trinajstić information content (AvgIpc) is 2.32. The second-order valence-electron chi connectivity index (χ2n) is 3.35. The molecule has 0 bridgehead atoms. The number of rotatable bonds is 3. The zero-order valence-electron chi connectivity index (χ0n) is 9.51. The number of benzene rings is 2. The molecule has 2 aromatic carbocycles. The maximum Gasteiger partial charge on any atom is 1.00 e. The maximum absolute atomic E-state index is 2.10. The quantitative estimate of drug-likeness (QED) is 0.511. The third-order valence-electron chi connectivity index (χ3n) is 2.18. The Kier molecular flexibility index (Phi) is 5.57. The molecule has 0 N–H and O–H groups in total. The van der Waals surface area contributed by atoms with Crippen molar-refractivity contribution in [1.82, 2.24) is 0 Å². The molecule has 0 fully saturated rings. The first-order chi connectivity index (χ1) is 7.45. The first kappa shape index (κ1) is 12.7. The molecule has 0 spiro atoms. The van der Waals surface area contributed by atoms with Gasteiger partial charge in [0.1, 0.15) is 0 Å². The van der Waals surface area contributed by atoms with Crippen molar-refractivity contribution in [3.05, 3.63) is 84.3 Å². The van der Waals surface area contributed by atoms with Crippen LogP contribution in [0.25, 0.3) is 6.08 Å². The minimum Gasteiger partial charge on any atom is -0.148 e. The molecule has 0 heterocycles. The average molecular weight is 200 g/mol. The van der Waals surface area contributed by atoms with E-state index in [0.717, 1.165) is 0 Å². The van der Waals surface area contributed by atoms with Crippen molar-refractivity contribution in [3.63, 3.8) is 0 Å². The Bertz CT molecular complexity index is 418. The third-order valence-corrected chi connectivity index (χ3v) is 2.18. The summed E-state index contributed by atoms with van der Waals surface area (Å²) in [6.07, 6.45) is 6.28. The van der Waals surface area contributed by atoms with Crippen LogP contribution in [0.2, 0.25) is 0 Å². The van der Waals surface area contributed by atoms with Gasteiger partial charge in [0, 0.05) is 0 Å². The molecule has 2 rings (SSSR count). The molecular weight excluding hydrogens is 187 g/mol. The van der Waals surface area contributed by atoms with E-state index in [2.05, 4.69) is 42.8 Å². The van der Waals surface area contributed by atoms with Crippen LogP contribution >= 0.6 is 0 Å². The van der Waals surface area contributed by atoms with Crippen LogP contribution in [0.15, 0.2) is 66.7 Å². The summed E-state index contributed by atoms with van der Waals surface area (Å²) in [6.45, 7) is 0. The summed E-state index contributed by atoms with van der Waals surface area (Å²) in [4.78, 5) is 0. The Morgan fingerprint density at radius 1 is 0.750 bits per heavy atom. The van der Waals surface area contributed by atoms with Crippen LogP contribution in [-0.2, 0) is 0 Å². The number of hydrogen-bond acceptors (Lipinski definition) is 0. The molecule has 0 radical (unpaired) electrons. The molecular formula is C15H13Li. The van der Waals surface area contributed by atoms with Crippen LogP contribution < -0.4 is 18.9 Å². The van der Waals surface area contributed by atoms with E-state index < -0.39 is 0 Å². The maximum atomic E-state index is 2.10. The predicted molar refractivity (Wildman–Crippen MR) is 65.3 cm³/mol. The largest absolute Gasteiger partial charge is 1.00 e. The minimum atomic E-state index is 0.